The van der Waals surface area contributed by atoms with Crippen molar-refractivity contribution >= 4 is 21.9 Å². The number of hydrogen-bond donors (Lipinski definition) is 1. The molecule has 0 saturated heterocycles. The molecule has 0 spiro atoms. The first-order valence-corrected chi connectivity index (χ1v) is 5.81. The summed E-state index contributed by atoms with van der Waals surface area (Å²) in [6.07, 6.45) is -0.412. The van der Waals surface area contributed by atoms with Crippen molar-refractivity contribution in [2.24, 2.45) is 0 Å². The lowest BCUT2D eigenvalue weighted by Crippen LogP contribution is -2.40. The van der Waals surface area contributed by atoms with Crippen LogP contribution in [0.25, 0.3) is 0 Å². The number of rotatable bonds is 5. The summed E-state index contributed by atoms with van der Waals surface area (Å²) in [6, 6.07) is 9.67. The maximum atomic E-state index is 10.9. The van der Waals surface area contributed by atoms with Crippen LogP contribution in [0.5, 0.6) is 0 Å². The van der Waals surface area contributed by atoms with Crippen LogP contribution >= 0.6 is 15.9 Å². The number of carboxylic acids is 1. The van der Waals surface area contributed by atoms with Crippen LogP contribution in [0, 0.1) is 0 Å². The Morgan fingerprint density at radius 2 is 2.06 bits per heavy atom. The number of carboxylic acid groups (broad SMARTS) is 1. The first-order chi connectivity index (χ1) is 7.44. The Morgan fingerprint density at radius 1 is 1.50 bits per heavy atom. The van der Waals surface area contributed by atoms with Gasteiger partial charge in [0.1, 0.15) is 4.32 Å². The Kier molecular flexibility index (Phi) is 4.50. The highest BCUT2D eigenvalue weighted by Gasteiger charge is 2.37. The minimum atomic E-state index is -1.05. The van der Waals surface area contributed by atoms with Gasteiger partial charge in [0, 0.05) is 0 Å². The van der Waals surface area contributed by atoms with E-state index in [1.165, 1.54) is 0 Å². The molecular weight excluding hydrogens is 272 g/mol. The van der Waals surface area contributed by atoms with Crippen LogP contribution in [-0.2, 0) is 16.1 Å². The van der Waals surface area contributed by atoms with Crippen molar-refractivity contribution in [1.82, 2.24) is 0 Å². The second-order valence-corrected chi connectivity index (χ2v) is 5.47. The van der Waals surface area contributed by atoms with Crippen molar-refractivity contribution in [1.29, 1.82) is 0 Å². The third-order valence-electron chi connectivity index (χ3n) is 2.52. The Morgan fingerprint density at radius 3 is 2.56 bits per heavy atom. The SMILES string of the molecule is CC(OCc1ccccc1)C(C)(Br)C(=O)O. The van der Waals surface area contributed by atoms with Gasteiger partial charge in [0.2, 0.25) is 0 Å². The second kappa shape index (κ2) is 5.46. The van der Waals surface area contributed by atoms with Crippen molar-refractivity contribution in [3.63, 3.8) is 0 Å². The molecule has 3 nitrogen and oxygen atoms in total. The summed E-state index contributed by atoms with van der Waals surface area (Å²) < 4.78 is 4.47. The number of carbonyl (C=O) groups is 1. The van der Waals surface area contributed by atoms with Crippen LogP contribution in [0.3, 0.4) is 0 Å². The molecule has 88 valence electrons. The van der Waals surface area contributed by atoms with Gasteiger partial charge >= 0.3 is 5.97 Å². The van der Waals surface area contributed by atoms with Crippen LogP contribution in [0.4, 0.5) is 0 Å². The largest absolute Gasteiger partial charge is 0.480 e. The first-order valence-electron chi connectivity index (χ1n) is 5.02. The molecule has 0 saturated carbocycles. The van der Waals surface area contributed by atoms with E-state index < -0.39 is 16.4 Å². The smallest absolute Gasteiger partial charge is 0.322 e. The van der Waals surface area contributed by atoms with E-state index in [2.05, 4.69) is 15.9 Å². The number of alkyl halides is 1. The van der Waals surface area contributed by atoms with Gasteiger partial charge < -0.3 is 9.84 Å². The van der Waals surface area contributed by atoms with E-state index in [1.54, 1.807) is 13.8 Å². The first kappa shape index (κ1) is 13.2. The van der Waals surface area contributed by atoms with Crippen LogP contribution < -0.4 is 0 Å². The highest BCUT2D eigenvalue weighted by molar-refractivity contribution is 9.10. The summed E-state index contributed by atoms with van der Waals surface area (Å²) in [7, 11) is 0. The monoisotopic (exact) mass is 286 g/mol. The maximum absolute atomic E-state index is 10.9. The maximum Gasteiger partial charge on any atom is 0.322 e. The second-order valence-electron chi connectivity index (χ2n) is 3.82. The lowest BCUT2D eigenvalue weighted by Gasteiger charge is -2.25. The molecule has 0 bridgehead atoms. The third kappa shape index (κ3) is 3.32. The van der Waals surface area contributed by atoms with Crippen molar-refractivity contribution in [3.05, 3.63) is 35.9 Å². The fraction of sp³-hybridized carbons (Fsp3) is 0.417. The van der Waals surface area contributed by atoms with E-state index in [0.29, 0.717) is 6.61 Å². The predicted octanol–water partition coefficient (Wildman–Crippen LogP) is 2.83. The number of aliphatic carboxylic acids is 1. The highest BCUT2D eigenvalue weighted by atomic mass is 79.9. The minimum absolute atomic E-state index is 0.412. The minimum Gasteiger partial charge on any atom is -0.480 e. The van der Waals surface area contributed by atoms with Gasteiger partial charge in [-0.2, -0.15) is 0 Å². The fourth-order valence-electron chi connectivity index (χ4n) is 1.13. The van der Waals surface area contributed by atoms with Crippen molar-refractivity contribution in [3.8, 4) is 0 Å². The zero-order valence-electron chi connectivity index (χ0n) is 9.31. The lowest BCUT2D eigenvalue weighted by atomic mass is 10.1. The van der Waals surface area contributed by atoms with Gasteiger partial charge in [-0.15, -0.1) is 0 Å². The molecule has 1 aromatic rings. The average molecular weight is 287 g/mol. The Hall–Kier alpha value is -0.870. The molecule has 0 aliphatic carbocycles. The quantitative estimate of drug-likeness (QED) is 0.847. The molecule has 2 atom stereocenters. The summed E-state index contributed by atoms with van der Waals surface area (Å²) in [5.41, 5.74) is 1.03. The van der Waals surface area contributed by atoms with Gasteiger partial charge in [-0.05, 0) is 19.4 Å². The molecule has 0 aromatic heterocycles. The molecule has 0 radical (unpaired) electrons. The summed E-state index contributed by atoms with van der Waals surface area (Å²) in [5, 5.41) is 8.98. The lowest BCUT2D eigenvalue weighted by molar-refractivity contribution is -0.143. The number of hydrogen-bond acceptors (Lipinski definition) is 2. The van der Waals surface area contributed by atoms with Gasteiger partial charge in [0.05, 0.1) is 12.7 Å². The van der Waals surface area contributed by atoms with Crippen molar-refractivity contribution < 1.29 is 14.6 Å². The average Bonchev–Trinajstić information content (AvgIpc) is 2.27. The molecule has 1 rings (SSSR count). The van der Waals surface area contributed by atoms with Crippen LogP contribution in [0.2, 0.25) is 0 Å². The Balaban J connectivity index is 2.53. The van der Waals surface area contributed by atoms with Crippen molar-refractivity contribution in [2.75, 3.05) is 0 Å². The van der Waals surface area contributed by atoms with Gasteiger partial charge in [0.15, 0.2) is 0 Å². The summed E-state index contributed by atoms with van der Waals surface area (Å²) >= 11 is 3.16. The molecule has 0 aliphatic rings. The van der Waals surface area contributed by atoms with E-state index in [4.69, 9.17) is 9.84 Å². The Bertz CT molecular complexity index is 349. The molecule has 0 fully saturated rings. The van der Waals surface area contributed by atoms with Gasteiger partial charge in [0.25, 0.3) is 0 Å². The third-order valence-corrected chi connectivity index (χ3v) is 3.51. The molecule has 1 aromatic carbocycles. The normalized spacial score (nSPS) is 16.4. The van der Waals surface area contributed by atoms with E-state index in [9.17, 15) is 4.79 Å². The zero-order valence-corrected chi connectivity index (χ0v) is 10.9. The molecule has 0 amide bonds. The van der Waals surface area contributed by atoms with Crippen LogP contribution in [0.1, 0.15) is 19.4 Å². The number of benzene rings is 1. The molecule has 0 aliphatic heterocycles. The molecule has 1 N–H and O–H groups in total. The molecule has 16 heavy (non-hydrogen) atoms. The van der Waals surface area contributed by atoms with E-state index >= 15 is 0 Å². The van der Waals surface area contributed by atoms with E-state index in [-0.39, 0.29) is 0 Å². The van der Waals surface area contributed by atoms with Crippen molar-refractivity contribution in [2.45, 2.75) is 30.9 Å². The predicted molar refractivity (Wildman–Crippen MR) is 65.7 cm³/mol. The highest BCUT2D eigenvalue weighted by Crippen LogP contribution is 2.25. The van der Waals surface area contributed by atoms with Gasteiger partial charge in [-0.1, -0.05) is 46.3 Å². The Labute approximate surface area is 104 Å². The van der Waals surface area contributed by atoms with Gasteiger partial charge in [-0.3, -0.25) is 4.79 Å². The van der Waals surface area contributed by atoms with E-state index in [1.807, 2.05) is 30.3 Å². The summed E-state index contributed by atoms with van der Waals surface area (Å²) in [5.74, 6) is -0.923. The molecule has 4 heteroatoms. The number of halogens is 1. The van der Waals surface area contributed by atoms with Crippen LogP contribution in [-0.4, -0.2) is 21.5 Å². The summed E-state index contributed by atoms with van der Waals surface area (Å²) in [4.78, 5) is 10.9. The molecule has 0 heterocycles. The van der Waals surface area contributed by atoms with E-state index in [0.717, 1.165) is 5.56 Å². The topological polar surface area (TPSA) is 46.5 Å². The standard InChI is InChI=1S/C12H15BrO3/c1-9(12(2,13)11(14)15)16-8-10-6-4-3-5-7-10/h3-7,9H,8H2,1-2H3,(H,14,15). The number of ether oxygens (including phenoxy) is 1. The molecule has 2 unspecified atom stereocenters. The molecular formula is C12H15BrO3. The van der Waals surface area contributed by atoms with Gasteiger partial charge in [-0.25, -0.2) is 0 Å². The zero-order chi connectivity index (χ0) is 12.2. The fourth-order valence-corrected chi connectivity index (χ4v) is 1.26. The summed E-state index contributed by atoms with van der Waals surface area (Å²) in [6.45, 7) is 3.74. The van der Waals surface area contributed by atoms with Crippen LogP contribution in [0.15, 0.2) is 30.3 Å².